The molecule has 0 aliphatic rings. The van der Waals surface area contributed by atoms with Gasteiger partial charge in [-0.1, -0.05) is 12.1 Å². The third-order valence-corrected chi connectivity index (χ3v) is 3.50. The van der Waals surface area contributed by atoms with Gasteiger partial charge in [0.05, 0.1) is 20.3 Å². The fourth-order valence-electron chi connectivity index (χ4n) is 2.37. The van der Waals surface area contributed by atoms with E-state index in [0.29, 0.717) is 12.4 Å². The van der Waals surface area contributed by atoms with Crippen LogP contribution in [-0.2, 0) is 6.61 Å². The van der Waals surface area contributed by atoms with Crippen LogP contribution in [-0.4, -0.2) is 18.8 Å². The van der Waals surface area contributed by atoms with Gasteiger partial charge in [0.25, 0.3) is 0 Å². The lowest BCUT2D eigenvalue weighted by molar-refractivity contribution is 0.274. The zero-order chi connectivity index (χ0) is 15.9. The SMILES string of the molecule is CCOc1cccc(C(C)Nc2ccc(OC)c(CO)c2)c1. The summed E-state index contributed by atoms with van der Waals surface area (Å²) in [5.74, 6) is 1.57. The standard InChI is InChI=1S/C18H23NO3/c1-4-22-17-7-5-6-14(11-17)13(2)19-16-8-9-18(21-3)15(10-16)12-20/h5-11,13,19-20H,4,12H2,1-3H3. The molecule has 0 saturated carbocycles. The van der Waals surface area contributed by atoms with Gasteiger partial charge in [0, 0.05) is 17.3 Å². The van der Waals surface area contributed by atoms with Crippen LogP contribution in [0.25, 0.3) is 0 Å². The number of hydrogen-bond acceptors (Lipinski definition) is 4. The van der Waals surface area contributed by atoms with Crippen molar-refractivity contribution in [3.05, 3.63) is 53.6 Å². The highest BCUT2D eigenvalue weighted by Crippen LogP contribution is 2.27. The average Bonchev–Trinajstić information content (AvgIpc) is 2.55. The van der Waals surface area contributed by atoms with Gasteiger partial charge in [0.15, 0.2) is 0 Å². The molecule has 2 rings (SSSR count). The summed E-state index contributed by atoms with van der Waals surface area (Å²) in [7, 11) is 1.60. The Balaban J connectivity index is 2.14. The van der Waals surface area contributed by atoms with Crippen LogP contribution in [0.15, 0.2) is 42.5 Å². The summed E-state index contributed by atoms with van der Waals surface area (Å²) in [6, 6.07) is 13.9. The number of nitrogens with one attached hydrogen (secondary N) is 1. The smallest absolute Gasteiger partial charge is 0.124 e. The predicted octanol–water partition coefficient (Wildman–Crippen LogP) is 3.76. The molecule has 1 unspecified atom stereocenters. The van der Waals surface area contributed by atoms with Crippen LogP contribution in [0, 0.1) is 0 Å². The van der Waals surface area contributed by atoms with Crippen molar-refractivity contribution in [1.29, 1.82) is 0 Å². The van der Waals surface area contributed by atoms with Gasteiger partial charge in [0.1, 0.15) is 11.5 Å². The van der Waals surface area contributed by atoms with Gasteiger partial charge in [-0.3, -0.25) is 0 Å². The quantitative estimate of drug-likeness (QED) is 0.817. The molecule has 0 radical (unpaired) electrons. The van der Waals surface area contributed by atoms with E-state index in [2.05, 4.69) is 18.3 Å². The Morgan fingerprint density at radius 3 is 2.68 bits per heavy atom. The molecule has 1 atom stereocenters. The number of anilines is 1. The fourth-order valence-corrected chi connectivity index (χ4v) is 2.37. The van der Waals surface area contributed by atoms with E-state index in [1.807, 2.05) is 43.3 Å². The maximum atomic E-state index is 9.40. The van der Waals surface area contributed by atoms with Crippen molar-refractivity contribution in [3.63, 3.8) is 0 Å². The van der Waals surface area contributed by atoms with Crippen molar-refractivity contribution in [3.8, 4) is 11.5 Å². The summed E-state index contributed by atoms with van der Waals surface area (Å²) >= 11 is 0. The molecule has 22 heavy (non-hydrogen) atoms. The van der Waals surface area contributed by atoms with Gasteiger partial charge in [-0.25, -0.2) is 0 Å². The Morgan fingerprint density at radius 2 is 2.00 bits per heavy atom. The fraction of sp³-hybridized carbons (Fsp3) is 0.333. The lowest BCUT2D eigenvalue weighted by Gasteiger charge is -2.18. The molecule has 0 heterocycles. The van der Waals surface area contributed by atoms with Crippen LogP contribution in [0.4, 0.5) is 5.69 Å². The first-order valence-electron chi connectivity index (χ1n) is 7.45. The highest BCUT2D eigenvalue weighted by atomic mass is 16.5. The third kappa shape index (κ3) is 3.92. The molecule has 0 spiro atoms. The molecule has 2 N–H and O–H groups in total. The minimum Gasteiger partial charge on any atom is -0.496 e. The summed E-state index contributed by atoms with van der Waals surface area (Å²) in [6.45, 7) is 4.67. The number of benzene rings is 2. The van der Waals surface area contributed by atoms with Crippen LogP contribution >= 0.6 is 0 Å². The zero-order valence-corrected chi connectivity index (χ0v) is 13.3. The van der Waals surface area contributed by atoms with E-state index >= 15 is 0 Å². The summed E-state index contributed by atoms with van der Waals surface area (Å²) in [5.41, 5.74) is 2.86. The highest BCUT2D eigenvalue weighted by molar-refractivity contribution is 5.52. The Hall–Kier alpha value is -2.20. The van der Waals surface area contributed by atoms with Crippen LogP contribution in [0.1, 0.15) is 31.0 Å². The molecule has 0 aliphatic carbocycles. The van der Waals surface area contributed by atoms with Crippen molar-refractivity contribution in [2.24, 2.45) is 0 Å². The molecule has 2 aromatic carbocycles. The Bertz CT molecular complexity index is 613. The van der Waals surface area contributed by atoms with Crippen LogP contribution < -0.4 is 14.8 Å². The predicted molar refractivity (Wildman–Crippen MR) is 88.6 cm³/mol. The van der Waals surface area contributed by atoms with E-state index < -0.39 is 0 Å². The van der Waals surface area contributed by atoms with Crippen molar-refractivity contribution in [2.75, 3.05) is 19.0 Å². The van der Waals surface area contributed by atoms with E-state index in [1.165, 1.54) is 0 Å². The second-order valence-corrected chi connectivity index (χ2v) is 5.06. The van der Waals surface area contributed by atoms with Crippen LogP contribution in [0.3, 0.4) is 0 Å². The summed E-state index contributed by atoms with van der Waals surface area (Å²) in [6.07, 6.45) is 0. The minimum atomic E-state index is -0.0487. The number of hydrogen-bond donors (Lipinski definition) is 2. The zero-order valence-electron chi connectivity index (χ0n) is 13.3. The molecule has 0 fully saturated rings. The monoisotopic (exact) mass is 301 g/mol. The van der Waals surface area contributed by atoms with E-state index in [-0.39, 0.29) is 12.6 Å². The van der Waals surface area contributed by atoms with Gasteiger partial charge in [-0.2, -0.15) is 0 Å². The van der Waals surface area contributed by atoms with E-state index in [0.717, 1.165) is 22.6 Å². The van der Waals surface area contributed by atoms with Gasteiger partial charge in [-0.15, -0.1) is 0 Å². The van der Waals surface area contributed by atoms with Crippen LogP contribution in [0.5, 0.6) is 11.5 Å². The number of aliphatic hydroxyl groups excluding tert-OH is 1. The molecule has 0 bridgehead atoms. The van der Waals surface area contributed by atoms with Gasteiger partial charge < -0.3 is 19.9 Å². The Labute approximate surface area is 131 Å². The van der Waals surface area contributed by atoms with Crippen LogP contribution in [0.2, 0.25) is 0 Å². The number of ether oxygens (including phenoxy) is 2. The van der Waals surface area contributed by atoms with E-state index in [1.54, 1.807) is 7.11 Å². The summed E-state index contributed by atoms with van der Waals surface area (Å²) in [5, 5.41) is 12.8. The molecule has 4 nitrogen and oxygen atoms in total. The second-order valence-electron chi connectivity index (χ2n) is 5.06. The largest absolute Gasteiger partial charge is 0.496 e. The Kier molecular flexibility index (Phi) is 5.67. The number of aliphatic hydroxyl groups is 1. The Morgan fingerprint density at radius 1 is 1.18 bits per heavy atom. The van der Waals surface area contributed by atoms with Crippen molar-refractivity contribution < 1.29 is 14.6 Å². The molecule has 2 aromatic rings. The summed E-state index contributed by atoms with van der Waals surface area (Å²) in [4.78, 5) is 0. The first-order chi connectivity index (χ1) is 10.7. The number of methoxy groups -OCH3 is 1. The first kappa shape index (κ1) is 16.2. The third-order valence-electron chi connectivity index (χ3n) is 3.50. The van der Waals surface area contributed by atoms with Gasteiger partial charge in [-0.05, 0) is 49.7 Å². The molecule has 0 aromatic heterocycles. The molecule has 0 aliphatic heterocycles. The number of rotatable bonds is 7. The molecule has 0 saturated heterocycles. The van der Waals surface area contributed by atoms with E-state index in [9.17, 15) is 5.11 Å². The van der Waals surface area contributed by atoms with Crippen molar-refractivity contribution >= 4 is 5.69 Å². The molecule has 0 amide bonds. The van der Waals surface area contributed by atoms with Crippen molar-refractivity contribution in [2.45, 2.75) is 26.5 Å². The van der Waals surface area contributed by atoms with Crippen molar-refractivity contribution in [1.82, 2.24) is 0 Å². The summed E-state index contributed by atoms with van der Waals surface area (Å²) < 4.78 is 10.8. The topological polar surface area (TPSA) is 50.7 Å². The lowest BCUT2D eigenvalue weighted by Crippen LogP contribution is -2.07. The lowest BCUT2D eigenvalue weighted by atomic mass is 10.1. The molecule has 118 valence electrons. The molecular weight excluding hydrogens is 278 g/mol. The van der Waals surface area contributed by atoms with Gasteiger partial charge >= 0.3 is 0 Å². The molecular formula is C18H23NO3. The maximum Gasteiger partial charge on any atom is 0.124 e. The van der Waals surface area contributed by atoms with Gasteiger partial charge in [0.2, 0.25) is 0 Å². The highest BCUT2D eigenvalue weighted by Gasteiger charge is 2.09. The normalized spacial score (nSPS) is 11.8. The maximum absolute atomic E-state index is 9.40. The molecule has 4 heteroatoms. The second kappa shape index (κ2) is 7.71. The first-order valence-corrected chi connectivity index (χ1v) is 7.45. The van der Waals surface area contributed by atoms with E-state index in [4.69, 9.17) is 9.47 Å². The average molecular weight is 301 g/mol. The minimum absolute atomic E-state index is 0.0487.